The molecule has 8 heteroatoms. The van der Waals surface area contributed by atoms with Gasteiger partial charge in [0.2, 0.25) is 5.91 Å². The van der Waals surface area contributed by atoms with E-state index < -0.39 is 17.6 Å². The summed E-state index contributed by atoms with van der Waals surface area (Å²) in [5.41, 5.74) is 10.7. The smallest absolute Gasteiger partial charge is 0.276 e. The van der Waals surface area contributed by atoms with Crippen molar-refractivity contribution in [3.8, 4) is 0 Å². The van der Waals surface area contributed by atoms with E-state index in [1.165, 1.54) is 6.34 Å². The molecule has 0 fully saturated rings. The number of primary amides is 1. The molecule has 0 saturated carbocycles. The third kappa shape index (κ3) is 1.62. The molecule has 2 rings (SSSR count). The zero-order valence-electron chi connectivity index (χ0n) is 7.60. The summed E-state index contributed by atoms with van der Waals surface area (Å²) in [6.45, 7) is 0. The average Bonchev–Trinajstić information content (AvgIpc) is 2.48. The van der Waals surface area contributed by atoms with E-state index in [9.17, 15) is 9.59 Å². The van der Waals surface area contributed by atoms with Crippen molar-refractivity contribution in [1.82, 2.24) is 5.32 Å². The first kappa shape index (κ1) is 9.46. The van der Waals surface area contributed by atoms with Gasteiger partial charge in [-0.25, -0.2) is 15.0 Å². The minimum absolute atomic E-state index is 0.0977. The van der Waals surface area contributed by atoms with Crippen LogP contribution in [0.2, 0.25) is 0 Å². The molecular formula is C7H8N6O2. The van der Waals surface area contributed by atoms with Crippen LogP contribution in [0.4, 0.5) is 0 Å². The number of nitrogens with two attached hydrogens (primary N) is 2. The number of amidine groups is 1. The summed E-state index contributed by atoms with van der Waals surface area (Å²) in [5.74, 6) is -2.56. The first-order valence-corrected chi connectivity index (χ1v) is 4.10. The lowest BCUT2D eigenvalue weighted by Gasteiger charge is -2.28. The maximum absolute atomic E-state index is 11.4. The van der Waals surface area contributed by atoms with Gasteiger partial charge < -0.3 is 11.1 Å². The zero-order valence-corrected chi connectivity index (χ0v) is 7.60. The summed E-state index contributed by atoms with van der Waals surface area (Å²) in [6.07, 6.45) is 0.912. The van der Waals surface area contributed by atoms with Gasteiger partial charge in [-0.15, -0.1) is 0 Å². The highest BCUT2D eigenvalue weighted by atomic mass is 16.2. The van der Waals surface area contributed by atoms with Crippen molar-refractivity contribution in [2.45, 2.75) is 12.2 Å². The van der Waals surface area contributed by atoms with E-state index in [0.717, 1.165) is 0 Å². The van der Waals surface area contributed by atoms with Gasteiger partial charge >= 0.3 is 0 Å². The summed E-state index contributed by atoms with van der Waals surface area (Å²) in [7, 11) is 0. The number of fused-ring (bicyclic) bond motifs is 1. The Morgan fingerprint density at radius 3 is 3.00 bits per heavy atom. The highest BCUT2D eigenvalue weighted by Crippen LogP contribution is 2.12. The van der Waals surface area contributed by atoms with Gasteiger partial charge in [-0.1, -0.05) is 0 Å². The van der Waals surface area contributed by atoms with Crippen molar-refractivity contribution in [3.05, 3.63) is 0 Å². The van der Waals surface area contributed by atoms with Crippen LogP contribution < -0.4 is 16.8 Å². The van der Waals surface area contributed by atoms with Gasteiger partial charge in [-0.3, -0.25) is 15.3 Å². The summed E-state index contributed by atoms with van der Waals surface area (Å²) < 4.78 is 0. The molecule has 0 spiro atoms. The molecule has 0 aliphatic carbocycles. The fourth-order valence-corrected chi connectivity index (χ4v) is 1.32. The first-order valence-electron chi connectivity index (χ1n) is 4.10. The number of nitrogens with zero attached hydrogens (tertiary/aromatic N) is 3. The Hall–Kier alpha value is -2.09. The molecule has 0 bridgehead atoms. The molecule has 2 aliphatic rings. The molecule has 2 heterocycles. The molecule has 15 heavy (non-hydrogen) atoms. The van der Waals surface area contributed by atoms with Gasteiger partial charge in [-0.2, -0.15) is 0 Å². The molecule has 0 aromatic rings. The molecule has 0 radical (unpaired) electrons. The van der Waals surface area contributed by atoms with Crippen molar-refractivity contribution in [2.75, 3.05) is 0 Å². The third-order valence-corrected chi connectivity index (χ3v) is 1.87. The van der Waals surface area contributed by atoms with E-state index in [2.05, 4.69) is 20.3 Å². The number of carbonyl (C=O) groups excluding carboxylic acids is 2. The topological polar surface area (TPSA) is 135 Å². The van der Waals surface area contributed by atoms with Gasteiger partial charge in [-0.05, 0) is 0 Å². The van der Waals surface area contributed by atoms with Gasteiger partial charge in [0.25, 0.3) is 5.91 Å². The van der Waals surface area contributed by atoms with Gasteiger partial charge in [0.05, 0.1) is 6.42 Å². The summed E-state index contributed by atoms with van der Waals surface area (Å²) in [5, 5.41) is 2.34. The van der Waals surface area contributed by atoms with Crippen LogP contribution in [0.25, 0.3) is 0 Å². The zero-order chi connectivity index (χ0) is 11.1. The van der Waals surface area contributed by atoms with Crippen LogP contribution in [-0.2, 0) is 9.59 Å². The lowest BCUT2D eigenvalue weighted by Crippen LogP contribution is -2.61. The normalized spacial score (nSPS) is 27.9. The van der Waals surface area contributed by atoms with Crippen LogP contribution in [0, 0.1) is 0 Å². The van der Waals surface area contributed by atoms with Crippen molar-refractivity contribution in [1.29, 1.82) is 0 Å². The van der Waals surface area contributed by atoms with Crippen molar-refractivity contribution >= 4 is 29.7 Å². The van der Waals surface area contributed by atoms with Crippen LogP contribution in [0.5, 0.6) is 0 Å². The van der Waals surface area contributed by atoms with E-state index in [1.54, 1.807) is 0 Å². The largest absolute Gasteiger partial charge is 0.369 e. The highest BCUT2D eigenvalue weighted by Gasteiger charge is 2.38. The fraction of sp³-hybridized carbons (Fsp3) is 0.286. The Bertz CT molecular complexity index is 437. The molecule has 1 unspecified atom stereocenters. The van der Waals surface area contributed by atoms with Crippen molar-refractivity contribution in [3.63, 3.8) is 0 Å². The van der Waals surface area contributed by atoms with Gasteiger partial charge in [0.1, 0.15) is 6.34 Å². The fourth-order valence-electron chi connectivity index (χ4n) is 1.32. The lowest BCUT2D eigenvalue weighted by molar-refractivity contribution is -0.120. The quantitative estimate of drug-likeness (QED) is 0.462. The number of hydrogen-bond acceptors (Lipinski definition) is 6. The SMILES string of the molecule is NC(=O)CC1(N)N=C2N=CN=C2C(=O)N1. The summed E-state index contributed by atoms with van der Waals surface area (Å²) in [6, 6.07) is 0. The Kier molecular flexibility index (Phi) is 1.86. The second-order valence-corrected chi connectivity index (χ2v) is 3.18. The molecule has 0 aromatic heterocycles. The minimum Gasteiger partial charge on any atom is -0.369 e. The molecular weight excluding hydrogens is 200 g/mol. The molecule has 78 valence electrons. The summed E-state index contributed by atoms with van der Waals surface area (Å²) >= 11 is 0. The molecule has 8 nitrogen and oxygen atoms in total. The van der Waals surface area contributed by atoms with Gasteiger partial charge in [0, 0.05) is 0 Å². The molecule has 2 aliphatic heterocycles. The van der Waals surface area contributed by atoms with Crippen LogP contribution in [0.3, 0.4) is 0 Å². The van der Waals surface area contributed by atoms with Crippen molar-refractivity contribution < 1.29 is 9.59 Å². The number of amides is 2. The number of aliphatic imine (C=N–C) groups is 3. The van der Waals surface area contributed by atoms with Crippen molar-refractivity contribution in [2.24, 2.45) is 26.4 Å². The Balaban J connectivity index is 2.35. The van der Waals surface area contributed by atoms with E-state index in [0.29, 0.717) is 0 Å². The van der Waals surface area contributed by atoms with Crippen LogP contribution in [-0.4, -0.2) is 35.5 Å². The highest BCUT2D eigenvalue weighted by molar-refractivity contribution is 6.69. The molecule has 1 atom stereocenters. The average molecular weight is 208 g/mol. The maximum atomic E-state index is 11.4. The predicted molar refractivity (Wildman–Crippen MR) is 52.2 cm³/mol. The van der Waals surface area contributed by atoms with E-state index in [4.69, 9.17) is 11.5 Å². The third-order valence-electron chi connectivity index (χ3n) is 1.87. The lowest BCUT2D eigenvalue weighted by atomic mass is 10.1. The first-order chi connectivity index (χ1) is 7.00. The predicted octanol–water partition coefficient (Wildman–Crippen LogP) is -2.51. The Labute approximate surface area is 84.2 Å². The Morgan fingerprint density at radius 2 is 2.33 bits per heavy atom. The molecule has 5 N–H and O–H groups in total. The van der Waals surface area contributed by atoms with E-state index in [1.807, 2.05) is 0 Å². The summed E-state index contributed by atoms with van der Waals surface area (Å²) in [4.78, 5) is 33.5. The number of hydrogen-bond donors (Lipinski definition) is 3. The van der Waals surface area contributed by atoms with E-state index >= 15 is 0 Å². The van der Waals surface area contributed by atoms with Gasteiger partial charge in [0.15, 0.2) is 17.3 Å². The standard InChI is InChI=1S/C7H8N6O2/c8-3(14)1-7(9)12-5-4(6(15)13-7)10-2-11-5/h2H,1,9H2,(H2,8,14)(H,13,15). The minimum atomic E-state index is -1.51. The second kappa shape index (κ2) is 2.95. The van der Waals surface area contributed by atoms with E-state index in [-0.39, 0.29) is 18.0 Å². The van der Waals surface area contributed by atoms with Crippen LogP contribution in [0.15, 0.2) is 15.0 Å². The monoisotopic (exact) mass is 208 g/mol. The number of carbonyl (C=O) groups is 2. The second-order valence-electron chi connectivity index (χ2n) is 3.18. The number of nitrogens with one attached hydrogen (secondary N) is 1. The maximum Gasteiger partial charge on any atom is 0.276 e. The molecule has 2 amide bonds. The van der Waals surface area contributed by atoms with Crippen LogP contribution in [0.1, 0.15) is 6.42 Å². The number of rotatable bonds is 2. The Morgan fingerprint density at radius 1 is 1.60 bits per heavy atom. The van der Waals surface area contributed by atoms with Crippen LogP contribution >= 0.6 is 0 Å². The molecule has 0 saturated heterocycles. The molecule has 0 aromatic carbocycles.